The van der Waals surface area contributed by atoms with Crippen molar-refractivity contribution in [2.45, 2.75) is 19.9 Å². The van der Waals surface area contributed by atoms with E-state index in [1.165, 1.54) is 0 Å². The molecule has 96 valence electrons. The van der Waals surface area contributed by atoms with Crippen molar-refractivity contribution in [2.24, 2.45) is 5.92 Å². The number of nitrogens with zero attached hydrogens (tertiary/aromatic N) is 2. The minimum absolute atomic E-state index is 0.0183. The zero-order valence-electron chi connectivity index (χ0n) is 10.3. The van der Waals surface area contributed by atoms with Crippen LogP contribution < -0.4 is 5.32 Å². The van der Waals surface area contributed by atoms with Gasteiger partial charge in [-0.3, -0.25) is 4.79 Å². The summed E-state index contributed by atoms with van der Waals surface area (Å²) >= 11 is 0. The summed E-state index contributed by atoms with van der Waals surface area (Å²) in [6, 6.07) is 5.05. The molecule has 2 rings (SSSR count). The van der Waals surface area contributed by atoms with Crippen LogP contribution >= 0.6 is 0 Å². The minimum Gasteiger partial charge on any atom is -0.396 e. The molecule has 1 aromatic heterocycles. The molecule has 0 saturated heterocycles. The van der Waals surface area contributed by atoms with Crippen LogP contribution in [-0.4, -0.2) is 39.1 Å². The van der Waals surface area contributed by atoms with Gasteiger partial charge in [-0.1, -0.05) is 6.92 Å². The zero-order valence-corrected chi connectivity index (χ0v) is 10.3. The molecule has 6 heteroatoms. The SMILES string of the molecule is CC(CO)C(C)NC(=O)c1ccc2n[nH]nc2c1. The van der Waals surface area contributed by atoms with Crippen molar-refractivity contribution in [3.8, 4) is 0 Å². The first-order valence-corrected chi connectivity index (χ1v) is 5.84. The van der Waals surface area contributed by atoms with Crippen molar-refractivity contribution in [1.82, 2.24) is 20.7 Å². The Morgan fingerprint density at radius 2 is 2.11 bits per heavy atom. The number of rotatable bonds is 4. The second-order valence-electron chi connectivity index (χ2n) is 4.45. The second kappa shape index (κ2) is 5.14. The number of fused-ring (bicyclic) bond motifs is 1. The number of hydrogen-bond acceptors (Lipinski definition) is 4. The van der Waals surface area contributed by atoms with Gasteiger partial charge < -0.3 is 10.4 Å². The number of carbonyl (C=O) groups excluding carboxylic acids is 1. The molecule has 0 spiro atoms. The maximum Gasteiger partial charge on any atom is 0.251 e. The molecule has 0 fully saturated rings. The van der Waals surface area contributed by atoms with Crippen LogP contribution in [0.25, 0.3) is 11.0 Å². The van der Waals surface area contributed by atoms with Crippen LogP contribution in [0.4, 0.5) is 0 Å². The summed E-state index contributed by atoms with van der Waals surface area (Å²) in [7, 11) is 0. The Bertz CT molecular complexity index is 552. The van der Waals surface area contributed by atoms with Gasteiger partial charge in [0.1, 0.15) is 11.0 Å². The highest BCUT2D eigenvalue weighted by molar-refractivity contribution is 5.97. The Kier molecular flexibility index (Phi) is 3.57. The first-order chi connectivity index (χ1) is 8.61. The molecular formula is C12H16N4O2. The number of amides is 1. The maximum absolute atomic E-state index is 12.0. The molecule has 0 aliphatic carbocycles. The van der Waals surface area contributed by atoms with Crippen molar-refractivity contribution in [2.75, 3.05) is 6.61 Å². The largest absolute Gasteiger partial charge is 0.396 e. The molecule has 0 bridgehead atoms. The summed E-state index contributed by atoms with van der Waals surface area (Å²) in [5.74, 6) is -0.155. The quantitative estimate of drug-likeness (QED) is 0.743. The lowest BCUT2D eigenvalue weighted by Gasteiger charge is -2.19. The normalized spacial score (nSPS) is 14.4. The molecule has 2 aromatic rings. The van der Waals surface area contributed by atoms with Crippen molar-refractivity contribution in [1.29, 1.82) is 0 Å². The Morgan fingerprint density at radius 1 is 1.39 bits per heavy atom. The molecule has 3 N–H and O–H groups in total. The second-order valence-corrected chi connectivity index (χ2v) is 4.45. The van der Waals surface area contributed by atoms with Crippen molar-refractivity contribution in [3.05, 3.63) is 23.8 Å². The number of aromatic amines is 1. The van der Waals surface area contributed by atoms with Crippen molar-refractivity contribution < 1.29 is 9.90 Å². The lowest BCUT2D eigenvalue weighted by Crippen LogP contribution is -2.38. The van der Waals surface area contributed by atoms with E-state index in [1.807, 2.05) is 13.8 Å². The van der Waals surface area contributed by atoms with Gasteiger partial charge in [-0.25, -0.2) is 0 Å². The number of aliphatic hydroxyl groups excluding tert-OH is 1. The van der Waals surface area contributed by atoms with Gasteiger partial charge >= 0.3 is 0 Å². The van der Waals surface area contributed by atoms with Crippen LogP contribution in [0.3, 0.4) is 0 Å². The van der Waals surface area contributed by atoms with Gasteiger partial charge in [0.05, 0.1) is 0 Å². The summed E-state index contributed by atoms with van der Waals surface area (Å²) in [6.07, 6.45) is 0. The van der Waals surface area contributed by atoms with Gasteiger partial charge in [0.15, 0.2) is 0 Å². The maximum atomic E-state index is 12.0. The Morgan fingerprint density at radius 3 is 2.83 bits per heavy atom. The third kappa shape index (κ3) is 2.48. The molecule has 0 aliphatic rings. The monoisotopic (exact) mass is 248 g/mol. The van der Waals surface area contributed by atoms with E-state index in [9.17, 15) is 4.79 Å². The standard InChI is InChI=1S/C12H16N4O2/c1-7(6-17)8(2)13-12(18)9-3-4-10-11(5-9)15-16-14-10/h3-5,7-8,17H,6H2,1-2H3,(H,13,18)(H,14,15,16). The topological polar surface area (TPSA) is 90.9 Å². The average molecular weight is 248 g/mol. The van der Waals surface area contributed by atoms with Gasteiger partial charge in [-0.15, -0.1) is 0 Å². The fourth-order valence-electron chi connectivity index (χ4n) is 1.57. The zero-order chi connectivity index (χ0) is 13.1. The number of nitrogens with one attached hydrogen (secondary N) is 2. The fourth-order valence-corrected chi connectivity index (χ4v) is 1.57. The van der Waals surface area contributed by atoms with Gasteiger partial charge in [0, 0.05) is 18.2 Å². The van der Waals surface area contributed by atoms with Gasteiger partial charge in [0.25, 0.3) is 5.91 Å². The number of H-pyrrole nitrogens is 1. The van der Waals surface area contributed by atoms with E-state index in [4.69, 9.17) is 5.11 Å². The molecular weight excluding hydrogens is 232 g/mol. The first-order valence-electron chi connectivity index (χ1n) is 5.84. The molecule has 2 atom stereocenters. The van der Waals surface area contributed by atoms with Gasteiger partial charge in [-0.2, -0.15) is 15.4 Å². The number of benzene rings is 1. The molecule has 18 heavy (non-hydrogen) atoms. The van der Waals surface area contributed by atoms with E-state index in [1.54, 1.807) is 18.2 Å². The summed E-state index contributed by atoms with van der Waals surface area (Å²) in [5, 5.41) is 22.2. The highest BCUT2D eigenvalue weighted by Crippen LogP contribution is 2.11. The van der Waals surface area contributed by atoms with Gasteiger partial charge in [0.2, 0.25) is 0 Å². The third-order valence-corrected chi connectivity index (χ3v) is 3.08. The first kappa shape index (κ1) is 12.5. The predicted molar refractivity (Wildman–Crippen MR) is 67.1 cm³/mol. The minimum atomic E-state index is -0.173. The molecule has 1 aromatic carbocycles. The van der Waals surface area contributed by atoms with E-state index in [0.717, 1.165) is 5.52 Å². The molecule has 6 nitrogen and oxygen atoms in total. The Labute approximate surface area is 104 Å². The molecule has 0 aliphatic heterocycles. The average Bonchev–Trinajstić information content (AvgIpc) is 2.84. The lowest BCUT2D eigenvalue weighted by atomic mass is 10.0. The van der Waals surface area contributed by atoms with Crippen LogP contribution in [0.1, 0.15) is 24.2 Å². The smallest absolute Gasteiger partial charge is 0.251 e. The number of aromatic nitrogens is 3. The van der Waals surface area contributed by atoms with Crippen LogP contribution in [0.5, 0.6) is 0 Å². The highest BCUT2D eigenvalue weighted by atomic mass is 16.3. The Hall–Kier alpha value is -1.95. The summed E-state index contributed by atoms with van der Waals surface area (Å²) in [4.78, 5) is 12.0. The van der Waals surface area contributed by atoms with Crippen molar-refractivity contribution in [3.63, 3.8) is 0 Å². The fraction of sp³-hybridized carbons (Fsp3) is 0.417. The van der Waals surface area contributed by atoms with Crippen LogP contribution in [-0.2, 0) is 0 Å². The molecule has 0 radical (unpaired) electrons. The lowest BCUT2D eigenvalue weighted by molar-refractivity contribution is 0.0916. The summed E-state index contributed by atoms with van der Waals surface area (Å²) in [6.45, 7) is 3.79. The number of aliphatic hydroxyl groups is 1. The molecule has 1 amide bonds. The van der Waals surface area contributed by atoms with Crippen molar-refractivity contribution >= 4 is 16.9 Å². The molecule has 2 unspecified atom stereocenters. The molecule has 0 saturated carbocycles. The van der Waals surface area contributed by atoms with E-state index in [2.05, 4.69) is 20.7 Å². The van der Waals surface area contributed by atoms with E-state index >= 15 is 0 Å². The molecule has 1 heterocycles. The van der Waals surface area contributed by atoms with Crippen LogP contribution in [0.2, 0.25) is 0 Å². The summed E-state index contributed by atoms with van der Waals surface area (Å²) in [5.41, 5.74) is 1.92. The highest BCUT2D eigenvalue weighted by Gasteiger charge is 2.15. The summed E-state index contributed by atoms with van der Waals surface area (Å²) < 4.78 is 0. The predicted octanol–water partition coefficient (Wildman–Crippen LogP) is 0.705. The Balaban J connectivity index is 2.13. The van der Waals surface area contributed by atoms with Crippen LogP contribution in [0.15, 0.2) is 18.2 Å². The van der Waals surface area contributed by atoms with Crippen LogP contribution in [0, 0.1) is 5.92 Å². The van der Waals surface area contributed by atoms with E-state index in [0.29, 0.717) is 11.1 Å². The van der Waals surface area contributed by atoms with Gasteiger partial charge in [-0.05, 0) is 31.0 Å². The van der Waals surface area contributed by atoms with E-state index < -0.39 is 0 Å². The van der Waals surface area contributed by atoms with E-state index in [-0.39, 0.29) is 24.5 Å². The number of carbonyl (C=O) groups is 1. The third-order valence-electron chi connectivity index (χ3n) is 3.08. The number of hydrogen-bond donors (Lipinski definition) is 3.